The summed E-state index contributed by atoms with van der Waals surface area (Å²) < 4.78 is 1.96. The summed E-state index contributed by atoms with van der Waals surface area (Å²) in [5, 5.41) is 7.85. The Balaban J connectivity index is 1.96. The predicted molar refractivity (Wildman–Crippen MR) is 74.3 cm³/mol. The van der Waals surface area contributed by atoms with Crippen LogP contribution in [0.2, 0.25) is 0 Å². The van der Waals surface area contributed by atoms with Crippen LogP contribution in [0, 0.1) is 6.92 Å². The summed E-state index contributed by atoms with van der Waals surface area (Å²) in [7, 11) is 0. The van der Waals surface area contributed by atoms with Gasteiger partial charge >= 0.3 is 0 Å². The molecule has 1 N–H and O–H groups in total. The van der Waals surface area contributed by atoms with E-state index in [4.69, 9.17) is 0 Å². The summed E-state index contributed by atoms with van der Waals surface area (Å²) in [6, 6.07) is 8.81. The van der Waals surface area contributed by atoms with E-state index < -0.39 is 0 Å². The summed E-state index contributed by atoms with van der Waals surface area (Å²) in [4.78, 5) is 0. The first kappa shape index (κ1) is 12.8. The van der Waals surface area contributed by atoms with E-state index in [2.05, 4.69) is 61.6 Å². The minimum absolute atomic E-state index is 0.324. The molecule has 0 saturated heterocycles. The van der Waals surface area contributed by atoms with Crippen molar-refractivity contribution in [1.29, 1.82) is 0 Å². The minimum Gasteiger partial charge on any atom is -0.306 e. The molecule has 0 radical (unpaired) electrons. The molecule has 1 unspecified atom stereocenters. The van der Waals surface area contributed by atoms with Gasteiger partial charge in [0.2, 0.25) is 0 Å². The molecule has 1 aromatic carbocycles. The fourth-order valence-electron chi connectivity index (χ4n) is 1.97. The fourth-order valence-corrected chi connectivity index (χ4v) is 1.97. The molecule has 0 bridgehead atoms. The van der Waals surface area contributed by atoms with Crippen LogP contribution >= 0.6 is 0 Å². The highest BCUT2D eigenvalue weighted by Crippen LogP contribution is 2.13. The Hall–Kier alpha value is -1.61. The van der Waals surface area contributed by atoms with E-state index in [9.17, 15) is 0 Å². The lowest BCUT2D eigenvalue weighted by molar-refractivity contribution is 0.571. The van der Waals surface area contributed by atoms with E-state index in [1.807, 2.05) is 10.9 Å². The summed E-state index contributed by atoms with van der Waals surface area (Å²) in [6.07, 6.45) is 4.05. The van der Waals surface area contributed by atoms with Gasteiger partial charge in [0.15, 0.2) is 0 Å². The molecule has 0 aliphatic heterocycles. The van der Waals surface area contributed by atoms with Crippen LogP contribution in [0.25, 0.3) is 0 Å². The number of benzene rings is 1. The van der Waals surface area contributed by atoms with E-state index >= 15 is 0 Å². The van der Waals surface area contributed by atoms with Crippen LogP contribution < -0.4 is 5.32 Å². The van der Waals surface area contributed by atoms with E-state index in [-0.39, 0.29) is 0 Å². The molecule has 0 aliphatic carbocycles. The fraction of sp³-hybridized carbons (Fsp3) is 0.400. The van der Waals surface area contributed by atoms with Crippen LogP contribution in [-0.2, 0) is 13.1 Å². The van der Waals surface area contributed by atoms with Crippen molar-refractivity contribution in [2.75, 3.05) is 0 Å². The third-order valence-corrected chi connectivity index (χ3v) is 3.34. The van der Waals surface area contributed by atoms with E-state index in [1.165, 1.54) is 16.7 Å². The van der Waals surface area contributed by atoms with Crippen molar-refractivity contribution in [2.45, 2.75) is 39.9 Å². The van der Waals surface area contributed by atoms with Gasteiger partial charge in [-0.1, -0.05) is 24.3 Å². The lowest BCUT2D eigenvalue weighted by Crippen LogP contribution is -2.18. The van der Waals surface area contributed by atoms with Gasteiger partial charge in [0.05, 0.1) is 6.20 Å². The van der Waals surface area contributed by atoms with Crippen molar-refractivity contribution in [3.8, 4) is 0 Å². The van der Waals surface area contributed by atoms with Gasteiger partial charge in [-0.2, -0.15) is 5.10 Å². The first-order valence-electron chi connectivity index (χ1n) is 6.51. The molecule has 3 nitrogen and oxygen atoms in total. The lowest BCUT2D eigenvalue weighted by Gasteiger charge is -2.13. The molecule has 0 spiro atoms. The Bertz CT molecular complexity index is 502. The van der Waals surface area contributed by atoms with Crippen molar-refractivity contribution in [3.05, 3.63) is 53.3 Å². The van der Waals surface area contributed by atoms with Gasteiger partial charge in [0.25, 0.3) is 0 Å². The maximum Gasteiger partial charge on any atom is 0.0537 e. The lowest BCUT2D eigenvalue weighted by atomic mass is 10.1. The van der Waals surface area contributed by atoms with Gasteiger partial charge in [-0.15, -0.1) is 0 Å². The van der Waals surface area contributed by atoms with Gasteiger partial charge in [-0.25, -0.2) is 0 Å². The van der Waals surface area contributed by atoms with Crippen LogP contribution in [0.4, 0.5) is 0 Å². The van der Waals surface area contributed by atoms with Crippen LogP contribution in [0.1, 0.15) is 36.6 Å². The Labute approximate surface area is 109 Å². The molecule has 96 valence electrons. The summed E-state index contributed by atoms with van der Waals surface area (Å²) in [5.41, 5.74) is 3.93. The summed E-state index contributed by atoms with van der Waals surface area (Å²) >= 11 is 0. The van der Waals surface area contributed by atoms with Crippen LogP contribution in [-0.4, -0.2) is 9.78 Å². The Morgan fingerprint density at radius 2 is 2.11 bits per heavy atom. The third-order valence-electron chi connectivity index (χ3n) is 3.34. The number of rotatable bonds is 5. The summed E-state index contributed by atoms with van der Waals surface area (Å²) in [6.45, 7) is 8.24. The molecule has 1 atom stereocenters. The van der Waals surface area contributed by atoms with Gasteiger partial charge in [-0.05, 0) is 31.9 Å². The second kappa shape index (κ2) is 5.83. The van der Waals surface area contributed by atoms with E-state index in [1.54, 1.807) is 0 Å². The number of aromatic nitrogens is 2. The molecule has 1 aromatic heterocycles. The van der Waals surface area contributed by atoms with Gasteiger partial charge in [-0.3, -0.25) is 4.68 Å². The standard InChI is InChI=1S/C15H21N3/c1-4-18-11-15(10-17-18)13(3)16-9-14-8-6-5-7-12(14)2/h5-8,10-11,13,16H,4,9H2,1-3H3. The van der Waals surface area contributed by atoms with Crippen molar-refractivity contribution in [2.24, 2.45) is 0 Å². The Morgan fingerprint density at radius 1 is 1.33 bits per heavy atom. The topological polar surface area (TPSA) is 29.9 Å². The number of nitrogens with zero attached hydrogens (tertiary/aromatic N) is 2. The highest BCUT2D eigenvalue weighted by Gasteiger charge is 2.07. The van der Waals surface area contributed by atoms with E-state index in [0.29, 0.717) is 6.04 Å². The second-order valence-electron chi connectivity index (χ2n) is 4.66. The Morgan fingerprint density at radius 3 is 2.78 bits per heavy atom. The molecule has 2 aromatic rings. The predicted octanol–water partition coefficient (Wildman–Crippen LogP) is 3.06. The molecule has 0 amide bonds. The zero-order valence-corrected chi connectivity index (χ0v) is 11.4. The number of nitrogens with one attached hydrogen (secondary N) is 1. The zero-order valence-electron chi connectivity index (χ0n) is 11.4. The number of aryl methyl sites for hydroxylation is 2. The molecule has 1 heterocycles. The molecule has 3 heteroatoms. The quantitative estimate of drug-likeness (QED) is 0.874. The molecule has 18 heavy (non-hydrogen) atoms. The van der Waals surface area contributed by atoms with Crippen molar-refractivity contribution >= 4 is 0 Å². The highest BCUT2D eigenvalue weighted by atomic mass is 15.3. The van der Waals surface area contributed by atoms with E-state index in [0.717, 1.165) is 13.1 Å². The first-order valence-corrected chi connectivity index (χ1v) is 6.51. The second-order valence-corrected chi connectivity index (χ2v) is 4.66. The van der Waals surface area contributed by atoms with Crippen molar-refractivity contribution in [1.82, 2.24) is 15.1 Å². The SMILES string of the molecule is CCn1cc(C(C)NCc2ccccc2C)cn1. The minimum atomic E-state index is 0.324. The molecular formula is C15H21N3. The van der Waals surface area contributed by atoms with Crippen molar-refractivity contribution < 1.29 is 0 Å². The first-order chi connectivity index (χ1) is 8.70. The van der Waals surface area contributed by atoms with Gasteiger partial charge < -0.3 is 5.32 Å². The van der Waals surface area contributed by atoms with Gasteiger partial charge in [0.1, 0.15) is 0 Å². The smallest absolute Gasteiger partial charge is 0.0537 e. The van der Waals surface area contributed by atoms with Crippen molar-refractivity contribution in [3.63, 3.8) is 0 Å². The van der Waals surface area contributed by atoms with Crippen LogP contribution in [0.3, 0.4) is 0 Å². The van der Waals surface area contributed by atoms with Crippen LogP contribution in [0.5, 0.6) is 0 Å². The molecule has 0 saturated carbocycles. The monoisotopic (exact) mass is 243 g/mol. The number of hydrogen-bond acceptors (Lipinski definition) is 2. The molecule has 2 rings (SSSR count). The largest absolute Gasteiger partial charge is 0.306 e. The van der Waals surface area contributed by atoms with Crippen LogP contribution in [0.15, 0.2) is 36.7 Å². The Kier molecular flexibility index (Phi) is 4.15. The molecule has 0 fully saturated rings. The maximum atomic E-state index is 4.30. The zero-order chi connectivity index (χ0) is 13.0. The van der Waals surface area contributed by atoms with Gasteiger partial charge in [0, 0.05) is 30.9 Å². The average Bonchev–Trinajstić information content (AvgIpc) is 2.86. The summed E-state index contributed by atoms with van der Waals surface area (Å²) in [5.74, 6) is 0. The molecular weight excluding hydrogens is 222 g/mol. The molecule has 0 aliphatic rings. The number of hydrogen-bond donors (Lipinski definition) is 1. The normalized spacial score (nSPS) is 12.6. The average molecular weight is 243 g/mol. The highest BCUT2D eigenvalue weighted by molar-refractivity contribution is 5.25. The maximum absolute atomic E-state index is 4.30. The third kappa shape index (κ3) is 2.99.